The molecule has 1 amide bonds. The Bertz CT molecular complexity index is 445. The highest BCUT2D eigenvalue weighted by Crippen LogP contribution is 2.19. The number of nitrogen functional groups attached to an aromatic ring is 1. The molecule has 0 radical (unpaired) electrons. The van der Waals surface area contributed by atoms with Crippen molar-refractivity contribution in [3.05, 3.63) is 28.8 Å². The fourth-order valence-electron chi connectivity index (χ4n) is 2.19. The zero-order valence-corrected chi connectivity index (χ0v) is 11.6. The summed E-state index contributed by atoms with van der Waals surface area (Å²) >= 11 is 5.98. The predicted molar refractivity (Wildman–Crippen MR) is 76.4 cm³/mol. The Kier molecular flexibility index (Phi) is 5.05. The summed E-state index contributed by atoms with van der Waals surface area (Å²) in [5.41, 5.74) is 6.61. The predicted octanol–water partition coefficient (Wildman–Crippen LogP) is 2.61. The quantitative estimate of drug-likeness (QED) is 0.835. The van der Waals surface area contributed by atoms with E-state index >= 15 is 0 Å². The molecule has 2 rings (SSSR count). The summed E-state index contributed by atoms with van der Waals surface area (Å²) in [4.78, 5) is 12.0. The summed E-state index contributed by atoms with van der Waals surface area (Å²) in [7, 11) is 0. The van der Waals surface area contributed by atoms with Crippen molar-refractivity contribution in [1.29, 1.82) is 0 Å². The molecule has 1 aromatic carbocycles. The molecule has 1 saturated heterocycles. The van der Waals surface area contributed by atoms with Crippen LogP contribution in [0.4, 0.5) is 5.69 Å². The zero-order chi connectivity index (χ0) is 13.7. The van der Waals surface area contributed by atoms with E-state index in [4.69, 9.17) is 22.1 Å². The van der Waals surface area contributed by atoms with Crippen molar-refractivity contribution in [2.45, 2.75) is 31.8 Å². The van der Waals surface area contributed by atoms with Gasteiger partial charge in [0.05, 0.1) is 16.7 Å². The molecule has 1 atom stereocenters. The van der Waals surface area contributed by atoms with Gasteiger partial charge in [-0.3, -0.25) is 4.79 Å². The van der Waals surface area contributed by atoms with Crippen molar-refractivity contribution in [2.75, 3.05) is 18.9 Å². The average Bonchev–Trinajstić information content (AvgIpc) is 2.42. The number of hydrogen-bond donors (Lipinski definition) is 2. The van der Waals surface area contributed by atoms with Crippen LogP contribution in [-0.2, 0) is 4.74 Å². The lowest BCUT2D eigenvalue weighted by molar-refractivity contribution is 0.0117. The van der Waals surface area contributed by atoms with E-state index in [9.17, 15) is 4.79 Å². The lowest BCUT2D eigenvalue weighted by Gasteiger charge is -2.22. The first-order chi connectivity index (χ1) is 9.16. The highest BCUT2D eigenvalue weighted by molar-refractivity contribution is 6.34. The Morgan fingerprint density at radius 3 is 3.05 bits per heavy atom. The minimum Gasteiger partial charge on any atom is -0.399 e. The molecule has 1 aliphatic heterocycles. The van der Waals surface area contributed by atoms with E-state index in [1.54, 1.807) is 18.2 Å². The molecule has 1 aromatic rings. The first kappa shape index (κ1) is 14.2. The van der Waals surface area contributed by atoms with Gasteiger partial charge >= 0.3 is 0 Å². The van der Waals surface area contributed by atoms with Crippen molar-refractivity contribution in [2.24, 2.45) is 0 Å². The summed E-state index contributed by atoms with van der Waals surface area (Å²) in [5.74, 6) is -0.187. The van der Waals surface area contributed by atoms with E-state index < -0.39 is 0 Å². The lowest BCUT2D eigenvalue weighted by atomic mass is 10.1. The molecule has 0 saturated carbocycles. The second kappa shape index (κ2) is 6.78. The third-order valence-corrected chi connectivity index (χ3v) is 3.59. The number of halogens is 1. The number of rotatable bonds is 4. The Labute approximate surface area is 118 Å². The molecule has 1 aliphatic rings. The number of carbonyl (C=O) groups is 1. The second-order valence-electron chi connectivity index (χ2n) is 4.77. The summed E-state index contributed by atoms with van der Waals surface area (Å²) in [6.45, 7) is 1.42. The Morgan fingerprint density at radius 1 is 1.47 bits per heavy atom. The van der Waals surface area contributed by atoms with Gasteiger partial charge in [0.1, 0.15) is 0 Å². The van der Waals surface area contributed by atoms with Gasteiger partial charge in [-0.1, -0.05) is 11.6 Å². The topological polar surface area (TPSA) is 64.4 Å². The molecule has 0 aliphatic carbocycles. The summed E-state index contributed by atoms with van der Waals surface area (Å²) in [6, 6.07) is 4.90. The number of anilines is 1. The largest absolute Gasteiger partial charge is 0.399 e. The van der Waals surface area contributed by atoms with E-state index in [2.05, 4.69) is 5.32 Å². The maximum absolute atomic E-state index is 12.0. The molecule has 104 valence electrons. The SMILES string of the molecule is Nc1ccc(Cl)c(C(=O)NCCC2CCCCO2)c1. The maximum atomic E-state index is 12.0. The molecule has 1 unspecified atom stereocenters. The van der Waals surface area contributed by atoms with Crippen LogP contribution in [0.5, 0.6) is 0 Å². The highest BCUT2D eigenvalue weighted by atomic mass is 35.5. The molecule has 1 heterocycles. The van der Waals surface area contributed by atoms with Crippen LogP contribution in [0.2, 0.25) is 5.02 Å². The highest BCUT2D eigenvalue weighted by Gasteiger charge is 2.15. The third-order valence-electron chi connectivity index (χ3n) is 3.26. The lowest BCUT2D eigenvalue weighted by Crippen LogP contribution is -2.29. The van der Waals surface area contributed by atoms with Crippen LogP contribution in [0, 0.1) is 0 Å². The van der Waals surface area contributed by atoms with Crippen LogP contribution in [0.3, 0.4) is 0 Å². The molecule has 0 spiro atoms. The molecule has 19 heavy (non-hydrogen) atoms. The fraction of sp³-hybridized carbons (Fsp3) is 0.500. The second-order valence-corrected chi connectivity index (χ2v) is 5.18. The van der Waals surface area contributed by atoms with Gasteiger partial charge in [0.2, 0.25) is 0 Å². The van der Waals surface area contributed by atoms with Crippen LogP contribution >= 0.6 is 11.6 Å². The molecule has 4 nitrogen and oxygen atoms in total. The number of hydrogen-bond acceptors (Lipinski definition) is 3. The molecule has 5 heteroatoms. The standard InChI is InChI=1S/C14H19ClN2O2/c15-13-5-4-10(16)9-12(13)14(18)17-7-6-11-3-1-2-8-19-11/h4-5,9,11H,1-3,6-8,16H2,(H,17,18). The Morgan fingerprint density at radius 2 is 2.32 bits per heavy atom. The monoisotopic (exact) mass is 282 g/mol. The number of benzene rings is 1. The van der Waals surface area contributed by atoms with Gasteiger partial charge in [0.25, 0.3) is 5.91 Å². The minimum atomic E-state index is -0.187. The van der Waals surface area contributed by atoms with E-state index in [0.29, 0.717) is 22.8 Å². The summed E-state index contributed by atoms with van der Waals surface area (Å²) in [6.07, 6.45) is 4.53. The van der Waals surface area contributed by atoms with Gasteiger partial charge in [-0.15, -0.1) is 0 Å². The zero-order valence-electron chi connectivity index (χ0n) is 10.8. The van der Waals surface area contributed by atoms with Crippen LogP contribution in [0.25, 0.3) is 0 Å². The molecule has 1 fully saturated rings. The first-order valence-electron chi connectivity index (χ1n) is 6.61. The van der Waals surface area contributed by atoms with Gasteiger partial charge in [0.15, 0.2) is 0 Å². The van der Waals surface area contributed by atoms with E-state index in [-0.39, 0.29) is 12.0 Å². The van der Waals surface area contributed by atoms with E-state index in [1.165, 1.54) is 6.42 Å². The summed E-state index contributed by atoms with van der Waals surface area (Å²) < 4.78 is 5.61. The van der Waals surface area contributed by atoms with E-state index in [1.807, 2.05) is 0 Å². The van der Waals surface area contributed by atoms with Crippen molar-refractivity contribution in [3.8, 4) is 0 Å². The number of nitrogens with two attached hydrogens (primary N) is 1. The smallest absolute Gasteiger partial charge is 0.252 e. The van der Waals surface area contributed by atoms with Crippen molar-refractivity contribution < 1.29 is 9.53 Å². The van der Waals surface area contributed by atoms with Crippen LogP contribution in [0.15, 0.2) is 18.2 Å². The average molecular weight is 283 g/mol. The number of carbonyl (C=O) groups excluding carboxylic acids is 1. The number of ether oxygens (including phenoxy) is 1. The molecular weight excluding hydrogens is 264 g/mol. The Balaban J connectivity index is 1.82. The molecule has 0 aromatic heterocycles. The van der Waals surface area contributed by atoms with Crippen LogP contribution < -0.4 is 11.1 Å². The maximum Gasteiger partial charge on any atom is 0.252 e. The molecule has 3 N–H and O–H groups in total. The third kappa shape index (κ3) is 4.11. The fourth-order valence-corrected chi connectivity index (χ4v) is 2.40. The van der Waals surface area contributed by atoms with E-state index in [0.717, 1.165) is 25.9 Å². The van der Waals surface area contributed by atoms with Crippen molar-refractivity contribution >= 4 is 23.2 Å². The van der Waals surface area contributed by atoms with Gasteiger partial charge in [-0.25, -0.2) is 0 Å². The summed E-state index contributed by atoms with van der Waals surface area (Å²) in [5, 5.41) is 3.27. The van der Waals surface area contributed by atoms with Gasteiger partial charge in [0, 0.05) is 18.8 Å². The Hall–Kier alpha value is -1.26. The van der Waals surface area contributed by atoms with Crippen molar-refractivity contribution in [1.82, 2.24) is 5.32 Å². The van der Waals surface area contributed by atoms with Crippen LogP contribution in [0.1, 0.15) is 36.0 Å². The number of amides is 1. The number of nitrogens with one attached hydrogen (secondary N) is 1. The molecular formula is C14H19ClN2O2. The normalized spacial score (nSPS) is 19.1. The van der Waals surface area contributed by atoms with Gasteiger partial charge in [-0.2, -0.15) is 0 Å². The molecule has 0 bridgehead atoms. The first-order valence-corrected chi connectivity index (χ1v) is 6.99. The van der Waals surface area contributed by atoms with Gasteiger partial charge < -0.3 is 15.8 Å². The van der Waals surface area contributed by atoms with Crippen molar-refractivity contribution in [3.63, 3.8) is 0 Å². The van der Waals surface area contributed by atoms with Crippen LogP contribution in [-0.4, -0.2) is 25.2 Å². The van der Waals surface area contributed by atoms with Gasteiger partial charge in [-0.05, 0) is 43.9 Å². The minimum absolute atomic E-state index is 0.187.